The van der Waals surface area contributed by atoms with Gasteiger partial charge in [-0.3, -0.25) is 4.79 Å². The number of carbonyl (C=O) groups is 2. The first-order chi connectivity index (χ1) is 8.61. The Hall–Kier alpha value is -2.24. The standard InChI is InChI=1S/C12H13NO5/c1-17-10-6-8(2-3-9(10)14)4-5-13-11(15)7-18-12(13)16/h2-3,6,14H,4-5,7H2,1H3. The Balaban J connectivity index is 2.02. The van der Waals surface area contributed by atoms with Crippen molar-refractivity contribution in [1.82, 2.24) is 4.90 Å². The number of phenolic OH excluding ortho intramolecular Hbond substituents is 1. The number of hydrogen-bond donors (Lipinski definition) is 1. The first-order valence-corrected chi connectivity index (χ1v) is 5.45. The van der Waals surface area contributed by atoms with Crippen LogP contribution in [0.4, 0.5) is 4.79 Å². The molecule has 0 saturated carbocycles. The van der Waals surface area contributed by atoms with Crippen molar-refractivity contribution in [2.24, 2.45) is 0 Å². The molecular weight excluding hydrogens is 238 g/mol. The number of ether oxygens (including phenoxy) is 2. The van der Waals surface area contributed by atoms with E-state index in [1.807, 2.05) is 0 Å². The summed E-state index contributed by atoms with van der Waals surface area (Å²) in [7, 11) is 1.46. The van der Waals surface area contributed by atoms with Gasteiger partial charge in [-0.15, -0.1) is 0 Å². The lowest BCUT2D eigenvalue weighted by Crippen LogP contribution is -2.31. The number of cyclic esters (lactones) is 1. The SMILES string of the molecule is COc1cc(CCN2C(=O)COC2=O)ccc1O. The largest absolute Gasteiger partial charge is 0.504 e. The normalized spacial score (nSPS) is 14.8. The van der Waals surface area contributed by atoms with Gasteiger partial charge in [0.2, 0.25) is 0 Å². The second kappa shape index (κ2) is 4.95. The van der Waals surface area contributed by atoms with Crippen molar-refractivity contribution in [3.63, 3.8) is 0 Å². The molecule has 6 heteroatoms. The van der Waals surface area contributed by atoms with Crippen LogP contribution < -0.4 is 4.74 Å². The molecule has 1 saturated heterocycles. The molecule has 0 radical (unpaired) electrons. The maximum atomic E-state index is 11.3. The summed E-state index contributed by atoms with van der Waals surface area (Å²) in [5.74, 6) is 0.0893. The van der Waals surface area contributed by atoms with E-state index in [1.165, 1.54) is 13.2 Å². The topological polar surface area (TPSA) is 76.1 Å². The lowest BCUT2D eigenvalue weighted by atomic mass is 10.1. The maximum absolute atomic E-state index is 11.3. The maximum Gasteiger partial charge on any atom is 0.417 e. The van der Waals surface area contributed by atoms with Crippen molar-refractivity contribution in [1.29, 1.82) is 0 Å². The highest BCUT2D eigenvalue weighted by Crippen LogP contribution is 2.26. The van der Waals surface area contributed by atoms with Crippen LogP contribution in [-0.2, 0) is 16.0 Å². The zero-order valence-electron chi connectivity index (χ0n) is 9.88. The molecule has 1 aromatic carbocycles. The van der Waals surface area contributed by atoms with Gasteiger partial charge in [0.1, 0.15) is 0 Å². The molecule has 6 nitrogen and oxygen atoms in total. The minimum atomic E-state index is -0.606. The van der Waals surface area contributed by atoms with Gasteiger partial charge in [0.05, 0.1) is 7.11 Å². The van der Waals surface area contributed by atoms with Crippen molar-refractivity contribution in [3.8, 4) is 11.5 Å². The number of hydrogen-bond acceptors (Lipinski definition) is 5. The highest BCUT2D eigenvalue weighted by atomic mass is 16.6. The fourth-order valence-electron chi connectivity index (χ4n) is 1.72. The molecule has 0 aromatic heterocycles. The summed E-state index contributed by atoms with van der Waals surface area (Å²) in [4.78, 5) is 23.6. The summed E-state index contributed by atoms with van der Waals surface area (Å²) >= 11 is 0. The van der Waals surface area contributed by atoms with E-state index in [9.17, 15) is 14.7 Å². The highest BCUT2D eigenvalue weighted by molar-refractivity contribution is 5.97. The van der Waals surface area contributed by atoms with Crippen LogP contribution >= 0.6 is 0 Å². The van der Waals surface area contributed by atoms with Crippen molar-refractivity contribution in [2.75, 3.05) is 20.3 Å². The molecule has 1 fully saturated rings. The molecule has 1 heterocycles. The Kier molecular flexibility index (Phi) is 3.36. The molecule has 1 aromatic rings. The Labute approximate surface area is 104 Å². The Morgan fingerprint density at radius 1 is 1.44 bits per heavy atom. The van der Waals surface area contributed by atoms with Gasteiger partial charge in [-0.25, -0.2) is 9.69 Å². The summed E-state index contributed by atoms with van der Waals surface area (Å²) < 4.78 is 9.58. The van der Waals surface area contributed by atoms with E-state index in [4.69, 9.17) is 4.74 Å². The molecule has 96 valence electrons. The van der Waals surface area contributed by atoms with E-state index in [-0.39, 0.29) is 24.8 Å². The van der Waals surface area contributed by atoms with Crippen molar-refractivity contribution in [2.45, 2.75) is 6.42 Å². The number of carbonyl (C=O) groups excluding carboxylic acids is 2. The van der Waals surface area contributed by atoms with Crippen LogP contribution in [0.1, 0.15) is 5.56 Å². The lowest BCUT2D eigenvalue weighted by molar-refractivity contribution is -0.125. The van der Waals surface area contributed by atoms with E-state index in [0.717, 1.165) is 10.5 Å². The monoisotopic (exact) mass is 251 g/mol. The molecule has 0 spiro atoms. The molecule has 1 aliphatic rings. The molecule has 1 N–H and O–H groups in total. The Morgan fingerprint density at radius 2 is 2.22 bits per heavy atom. The van der Waals surface area contributed by atoms with Crippen molar-refractivity contribution < 1.29 is 24.2 Å². The van der Waals surface area contributed by atoms with Crippen LogP contribution in [0.15, 0.2) is 18.2 Å². The minimum Gasteiger partial charge on any atom is -0.504 e. The van der Waals surface area contributed by atoms with Gasteiger partial charge in [-0.1, -0.05) is 6.07 Å². The average Bonchev–Trinajstić information content (AvgIpc) is 2.68. The highest BCUT2D eigenvalue weighted by Gasteiger charge is 2.30. The zero-order valence-corrected chi connectivity index (χ0v) is 9.88. The third-order valence-electron chi connectivity index (χ3n) is 2.71. The quantitative estimate of drug-likeness (QED) is 0.861. The lowest BCUT2D eigenvalue weighted by Gasteiger charge is -2.11. The number of nitrogens with zero attached hydrogens (tertiary/aromatic N) is 1. The van der Waals surface area contributed by atoms with Crippen LogP contribution in [0, 0.1) is 0 Å². The predicted molar refractivity (Wildman–Crippen MR) is 61.4 cm³/mol. The van der Waals surface area contributed by atoms with Gasteiger partial charge in [0, 0.05) is 6.54 Å². The number of phenols is 1. The van der Waals surface area contributed by atoms with Gasteiger partial charge in [0.15, 0.2) is 18.1 Å². The first-order valence-electron chi connectivity index (χ1n) is 5.45. The number of amides is 2. The second-order valence-electron chi connectivity index (χ2n) is 3.86. The number of aromatic hydroxyl groups is 1. The number of benzene rings is 1. The van der Waals surface area contributed by atoms with Crippen LogP contribution in [0.3, 0.4) is 0 Å². The summed E-state index contributed by atoms with van der Waals surface area (Å²) in [6.45, 7) is 0.0727. The summed E-state index contributed by atoms with van der Waals surface area (Å²) in [5.41, 5.74) is 0.858. The van der Waals surface area contributed by atoms with Gasteiger partial charge >= 0.3 is 6.09 Å². The summed E-state index contributed by atoms with van der Waals surface area (Å²) in [6, 6.07) is 4.89. The molecule has 18 heavy (non-hydrogen) atoms. The average molecular weight is 251 g/mol. The molecular formula is C12H13NO5. The summed E-state index contributed by atoms with van der Waals surface area (Å²) in [5, 5.41) is 9.44. The Morgan fingerprint density at radius 3 is 2.83 bits per heavy atom. The molecule has 0 unspecified atom stereocenters. The molecule has 0 atom stereocenters. The van der Waals surface area contributed by atoms with E-state index in [2.05, 4.69) is 4.74 Å². The fraction of sp³-hybridized carbons (Fsp3) is 0.333. The van der Waals surface area contributed by atoms with Crippen molar-refractivity contribution in [3.05, 3.63) is 23.8 Å². The van der Waals surface area contributed by atoms with Gasteiger partial charge < -0.3 is 14.6 Å². The van der Waals surface area contributed by atoms with Crippen molar-refractivity contribution >= 4 is 12.0 Å². The Bertz CT molecular complexity index is 469. The van der Waals surface area contributed by atoms with Gasteiger partial charge in [-0.05, 0) is 24.1 Å². The van der Waals surface area contributed by atoms with E-state index < -0.39 is 6.09 Å². The molecule has 0 aliphatic carbocycles. The second-order valence-corrected chi connectivity index (χ2v) is 3.86. The van der Waals surface area contributed by atoms with Crippen LogP contribution in [0.25, 0.3) is 0 Å². The van der Waals surface area contributed by atoms with E-state index in [1.54, 1.807) is 12.1 Å². The number of imide groups is 1. The molecule has 0 bridgehead atoms. The van der Waals surface area contributed by atoms with Gasteiger partial charge in [0.25, 0.3) is 5.91 Å². The smallest absolute Gasteiger partial charge is 0.417 e. The van der Waals surface area contributed by atoms with Gasteiger partial charge in [-0.2, -0.15) is 0 Å². The number of methoxy groups -OCH3 is 1. The van der Waals surface area contributed by atoms with E-state index >= 15 is 0 Å². The zero-order chi connectivity index (χ0) is 13.1. The third kappa shape index (κ3) is 2.37. The number of rotatable bonds is 4. The molecule has 2 amide bonds. The van der Waals surface area contributed by atoms with Crippen LogP contribution in [0.2, 0.25) is 0 Å². The first kappa shape index (κ1) is 12.2. The third-order valence-corrected chi connectivity index (χ3v) is 2.71. The molecule has 1 aliphatic heterocycles. The predicted octanol–water partition coefficient (Wildman–Crippen LogP) is 0.922. The summed E-state index contributed by atoms with van der Waals surface area (Å²) in [6.07, 6.45) is -0.122. The van der Waals surface area contributed by atoms with Crippen LogP contribution in [-0.4, -0.2) is 42.3 Å². The fourth-order valence-corrected chi connectivity index (χ4v) is 1.72. The minimum absolute atomic E-state index is 0.0536. The van der Waals surface area contributed by atoms with Crippen LogP contribution in [0.5, 0.6) is 11.5 Å². The van der Waals surface area contributed by atoms with E-state index in [0.29, 0.717) is 12.2 Å². The molecule has 2 rings (SSSR count).